The first kappa shape index (κ1) is 11.0. The molecule has 0 radical (unpaired) electrons. The highest BCUT2D eigenvalue weighted by Crippen LogP contribution is 2.40. The van der Waals surface area contributed by atoms with Crippen molar-refractivity contribution in [1.29, 1.82) is 0 Å². The Hall–Kier alpha value is -0.550. The third-order valence-corrected chi connectivity index (χ3v) is 4.48. The van der Waals surface area contributed by atoms with Crippen molar-refractivity contribution < 1.29 is 9.90 Å². The van der Waals surface area contributed by atoms with Crippen LogP contribution in [-0.4, -0.2) is 24.7 Å². The Kier molecular flexibility index (Phi) is 3.02. The largest absolute Gasteiger partial charge is 0.481 e. The van der Waals surface area contributed by atoms with Gasteiger partial charge in [0.2, 0.25) is 0 Å². The molecule has 0 spiro atoms. The van der Waals surface area contributed by atoms with Gasteiger partial charge >= 0.3 is 5.97 Å². The van der Waals surface area contributed by atoms with E-state index in [1.807, 2.05) is 12.4 Å². The highest BCUT2D eigenvalue weighted by molar-refractivity contribution is 9.10. The van der Waals surface area contributed by atoms with E-state index in [-0.39, 0.29) is 5.92 Å². The van der Waals surface area contributed by atoms with Crippen LogP contribution in [0.1, 0.15) is 6.42 Å². The average Bonchev–Trinajstić information content (AvgIpc) is 2.79. The molecule has 2 rings (SSSR count). The fourth-order valence-electron chi connectivity index (χ4n) is 1.70. The van der Waals surface area contributed by atoms with E-state index in [1.165, 1.54) is 5.00 Å². The molecule has 0 bridgehead atoms. The van der Waals surface area contributed by atoms with Gasteiger partial charge in [0, 0.05) is 23.4 Å². The molecule has 15 heavy (non-hydrogen) atoms. The summed E-state index contributed by atoms with van der Waals surface area (Å²) in [5.41, 5.74) is 0. The maximum atomic E-state index is 10.7. The summed E-state index contributed by atoms with van der Waals surface area (Å²) in [6, 6.07) is 2.06. The predicted molar refractivity (Wildman–Crippen MR) is 64.5 cm³/mol. The number of halogens is 1. The van der Waals surface area contributed by atoms with Crippen molar-refractivity contribution >= 4 is 38.2 Å². The number of rotatable bonds is 4. The third-order valence-electron chi connectivity index (χ3n) is 2.68. The molecule has 5 heteroatoms. The van der Waals surface area contributed by atoms with Crippen LogP contribution in [0.5, 0.6) is 0 Å². The van der Waals surface area contributed by atoms with Crippen LogP contribution in [0, 0.1) is 11.8 Å². The van der Waals surface area contributed by atoms with E-state index in [9.17, 15) is 4.79 Å². The number of carboxylic acids is 1. The lowest BCUT2D eigenvalue weighted by Gasteiger charge is -2.16. The lowest BCUT2D eigenvalue weighted by molar-refractivity contribution is -0.138. The standard InChI is InChI=1S/C10H12BrNO2S/c1-12(9-3-7(11)5-15-9)4-6-2-8(6)10(13)14/h3,5-6,8H,2,4H2,1H3,(H,13,14). The number of thiophene rings is 1. The Morgan fingerprint density at radius 2 is 2.53 bits per heavy atom. The smallest absolute Gasteiger partial charge is 0.306 e. The fourth-order valence-corrected chi connectivity index (χ4v) is 3.10. The number of carbonyl (C=O) groups is 1. The van der Waals surface area contributed by atoms with Gasteiger partial charge in [-0.25, -0.2) is 0 Å². The minimum Gasteiger partial charge on any atom is -0.481 e. The summed E-state index contributed by atoms with van der Waals surface area (Å²) in [6.45, 7) is 0.837. The molecule has 2 atom stereocenters. The molecule has 82 valence electrons. The highest BCUT2D eigenvalue weighted by atomic mass is 79.9. The Morgan fingerprint density at radius 3 is 3.00 bits per heavy atom. The van der Waals surface area contributed by atoms with Crippen LogP contribution in [0.25, 0.3) is 0 Å². The topological polar surface area (TPSA) is 40.5 Å². The molecule has 0 aliphatic heterocycles. The SMILES string of the molecule is CN(CC1CC1C(=O)O)c1cc(Br)cs1. The zero-order valence-electron chi connectivity index (χ0n) is 8.31. The van der Waals surface area contributed by atoms with Crippen molar-refractivity contribution in [2.75, 3.05) is 18.5 Å². The van der Waals surface area contributed by atoms with Gasteiger partial charge in [0.05, 0.1) is 10.9 Å². The summed E-state index contributed by atoms with van der Waals surface area (Å²) in [5, 5.41) is 12.0. The van der Waals surface area contributed by atoms with Gasteiger partial charge in [0.1, 0.15) is 0 Å². The number of nitrogens with zero attached hydrogens (tertiary/aromatic N) is 1. The second kappa shape index (κ2) is 4.14. The van der Waals surface area contributed by atoms with Gasteiger partial charge in [-0.1, -0.05) is 0 Å². The maximum Gasteiger partial charge on any atom is 0.306 e. The third kappa shape index (κ3) is 2.52. The van der Waals surface area contributed by atoms with E-state index in [2.05, 4.69) is 26.9 Å². The molecule has 1 N–H and O–H groups in total. The van der Waals surface area contributed by atoms with Gasteiger partial charge in [-0.15, -0.1) is 11.3 Å². The molecule has 1 aromatic heterocycles. The van der Waals surface area contributed by atoms with Gasteiger partial charge in [-0.3, -0.25) is 4.79 Å². The molecule has 1 fully saturated rings. The van der Waals surface area contributed by atoms with Crippen molar-refractivity contribution in [1.82, 2.24) is 0 Å². The lowest BCUT2D eigenvalue weighted by Crippen LogP contribution is -2.20. The molecule has 0 aromatic carbocycles. The van der Waals surface area contributed by atoms with Gasteiger partial charge in [-0.05, 0) is 34.3 Å². The molecule has 1 heterocycles. The van der Waals surface area contributed by atoms with Crippen LogP contribution in [0.4, 0.5) is 5.00 Å². The molecule has 0 saturated heterocycles. The minimum atomic E-state index is -0.652. The highest BCUT2D eigenvalue weighted by Gasteiger charge is 2.43. The first-order chi connectivity index (χ1) is 7.08. The van der Waals surface area contributed by atoms with E-state index >= 15 is 0 Å². The number of hydrogen-bond acceptors (Lipinski definition) is 3. The van der Waals surface area contributed by atoms with Gasteiger partial charge in [0.25, 0.3) is 0 Å². The fraction of sp³-hybridized carbons (Fsp3) is 0.500. The van der Waals surface area contributed by atoms with Gasteiger partial charge < -0.3 is 10.0 Å². The van der Waals surface area contributed by atoms with E-state index in [4.69, 9.17) is 5.11 Å². The molecule has 1 aliphatic carbocycles. The minimum absolute atomic E-state index is 0.115. The summed E-state index contributed by atoms with van der Waals surface area (Å²) in [7, 11) is 2.01. The van der Waals surface area contributed by atoms with Crippen molar-refractivity contribution in [3.63, 3.8) is 0 Å². The Morgan fingerprint density at radius 1 is 1.80 bits per heavy atom. The van der Waals surface area contributed by atoms with Crippen LogP contribution in [0.3, 0.4) is 0 Å². The number of anilines is 1. The first-order valence-corrected chi connectivity index (χ1v) is 6.43. The maximum absolute atomic E-state index is 10.7. The van der Waals surface area contributed by atoms with Crippen LogP contribution in [-0.2, 0) is 4.79 Å². The van der Waals surface area contributed by atoms with E-state index in [1.54, 1.807) is 11.3 Å². The molecular weight excluding hydrogens is 278 g/mol. The second-order valence-electron chi connectivity index (χ2n) is 3.92. The number of hydrogen-bond donors (Lipinski definition) is 1. The molecule has 2 unspecified atom stereocenters. The van der Waals surface area contributed by atoms with Crippen molar-refractivity contribution in [2.24, 2.45) is 11.8 Å². The normalized spacial score (nSPS) is 23.9. The molecule has 1 aromatic rings. The van der Waals surface area contributed by atoms with Crippen LogP contribution in [0.2, 0.25) is 0 Å². The summed E-state index contributed by atoms with van der Waals surface area (Å²) >= 11 is 5.08. The Bertz CT molecular complexity index is 379. The molecule has 1 aliphatic rings. The second-order valence-corrected chi connectivity index (χ2v) is 5.73. The van der Waals surface area contributed by atoms with Crippen molar-refractivity contribution in [3.8, 4) is 0 Å². The number of carboxylic acid groups (broad SMARTS) is 1. The predicted octanol–water partition coefficient (Wildman–Crippen LogP) is 2.67. The summed E-state index contributed by atoms with van der Waals surface area (Å²) in [4.78, 5) is 12.8. The molecule has 3 nitrogen and oxygen atoms in total. The van der Waals surface area contributed by atoms with E-state index < -0.39 is 5.97 Å². The Labute approximate surface area is 101 Å². The zero-order valence-corrected chi connectivity index (χ0v) is 10.7. The van der Waals surface area contributed by atoms with E-state index in [0.29, 0.717) is 5.92 Å². The quantitative estimate of drug-likeness (QED) is 0.926. The lowest BCUT2D eigenvalue weighted by atomic mass is 10.3. The summed E-state index contributed by atoms with van der Waals surface area (Å²) in [5.74, 6) is -0.440. The zero-order chi connectivity index (χ0) is 11.0. The number of aliphatic carboxylic acids is 1. The molecule has 1 saturated carbocycles. The molecule has 0 amide bonds. The van der Waals surface area contributed by atoms with Crippen molar-refractivity contribution in [3.05, 3.63) is 15.9 Å². The van der Waals surface area contributed by atoms with Crippen LogP contribution >= 0.6 is 27.3 Å². The monoisotopic (exact) mass is 289 g/mol. The van der Waals surface area contributed by atoms with E-state index in [0.717, 1.165) is 17.4 Å². The van der Waals surface area contributed by atoms with Crippen molar-refractivity contribution in [2.45, 2.75) is 6.42 Å². The van der Waals surface area contributed by atoms with Crippen LogP contribution < -0.4 is 4.90 Å². The molecular formula is C10H12BrNO2S. The average molecular weight is 290 g/mol. The summed E-state index contributed by atoms with van der Waals surface area (Å²) < 4.78 is 1.08. The van der Waals surface area contributed by atoms with Gasteiger partial charge in [0.15, 0.2) is 0 Å². The van der Waals surface area contributed by atoms with Gasteiger partial charge in [-0.2, -0.15) is 0 Å². The van der Waals surface area contributed by atoms with Crippen LogP contribution in [0.15, 0.2) is 15.9 Å². The summed E-state index contributed by atoms with van der Waals surface area (Å²) in [6.07, 6.45) is 0.826. The Balaban J connectivity index is 1.89. The first-order valence-electron chi connectivity index (χ1n) is 4.76.